The van der Waals surface area contributed by atoms with Crippen LogP contribution < -0.4 is 10.1 Å². The molecule has 0 radical (unpaired) electrons. The van der Waals surface area contributed by atoms with E-state index in [1.807, 2.05) is 68.6 Å². The molecule has 4 aromatic carbocycles. The van der Waals surface area contributed by atoms with E-state index in [0.29, 0.717) is 17.7 Å². The van der Waals surface area contributed by atoms with Crippen molar-refractivity contribution < 1.29 is 14.9 Å². The number of H-pyrrole nitrogens is 1. The van der Waals surface area contributed by atoms with Crippen LogP contribution in [-0.4, -0.2) is 33.9 Å². The van der Waals surface area contributed by atoms with E-state index >= 15 is 0 Å². The van der Waals surface area contributed by atoms with Gasteiger partial charge in [0.2, 0.25) is 0 Å². The van der Waals surface area contributed by atoms with Crippen molar-refractivity contribution in [2.24, 2.45) is 0 Å². The Morgan fingerprint density at radius 2 is 1.58 bits per heavy atom. The number of hydrogen-bond donors (Lipinski definition) is 4. The number of rotatable bonds is 9. The summed E-state index contributed by atoms with van der Waals surface area (Å²) in [6, 6.07) is 28.3. The fourth-order valence-electron chi connectivity index (χ4n) is 4.73. The molecule has 184 valence electrons. The van der Waals surface area contributed by atoms with Crippen molar-refractivity contribution in [3.05, 3.63) is 102 Å². The van der Waals surface area contributed by atoms with Gasteiger partial charge in [0, 0.05) is 28.7 Å². The maximum Gasteiger partial charge on any atom is 0.135 e. The summed E-state index contributed by atoms with van der Waals surface area (Å²) in [5.74, 6) is 0.623. The van der Waals surface area contributed by atoms with E-state index in [4.69, 9.17) is 4.74 Å². The quantitative estimate of drug-likeness (QED) is 0.196. The molecule has 0 aliphatic carbocycles. The molecule has 0 amide bonds. The monoisotopic (exact) mass is 480 g/mol. The topological polar surface area (TPSA) is 77.5 Å². The van der Waals surface area contributed by atoms with E-state index in [-0.39, 0.29) is 18.8 Å². The molecule has 0 aliphatic rings. The zero-order valence-corrected chi connectivity index (χ0v) is 20.6. The van der Waals surface area contributed by atoms with Crippen LogP contribution in [0.1, 0.15) is 31.2 Å². The van der Waals surface area contributed by atoms with Crippen LogP contribution in [0.25, 0.3) is 32.8 Å². The smallest absolute Gasteiger partial charge is 0.135 e. The number of nitrogens with one attached hydrogen (secondary N) is 2. The molecule has 2 atom stereocenters. The number of aliphatic hydroxyl groups is 2. The second-order valence-corrected chi connectivity index (χ2v) is 9.49. The number of aliphatic hydroxyl groups excluding tert-OH is 2. The van der Waals surface area contributed by atoms with Crippen molar-refractivity contribution in [2.45, 2.75) is 38.6 Å². The van der Waals surface area contributed by atoms with Gasteiger partial charge < -0.3 is 19.9 Å². The highest BCUT2D eigenvalue weighted by atomic mass is 16.5. The number of ether oxygens (including phenoxy) is 1. The summed E-state index contributed by atoms with van der Waals surface area (Å²) < 4.78 is 6.04. The molecule has 5 nitrogen and oxygen atoms in total. The summed E-state index contributed by atoms with van der Waals surface area (Å²) in [5, 5.41) is 28.1. The molecule has 4 N–H and O–H groups in total. The molecule has 5 heteroatoms. The molecular weight excluding hydrogens is 448 g/mol. The Labute approximate surface area is 211 Å². The van der Waals surface area contributed by atoms with Gasteiger partial charge in [-0.25, -0.2) is 0 Å². The molecule has 36 heavy (non-hydrogen) atoms. The number of hydrogen-bond acceptors (Lipinski definition) is 4. The standard InChI is InChI=1S/C31H32N2O3/c1-20(2)36-30-14-13-24(23-12-11-21-7-3-4-8-22(21)15-23)17-28(30)31(35)33-26(19-34)16-25-18-32-29-10-6-5-9-27(25)29/h3-15,17-18,20,26,31-35H,16,19H2,1-2H3/t26-,31?/m1/s1. The Bertz CT molecular complexity index is 1470. The lowest BCUT2D eigenvalue weighted by Gasteiger charge is -2.24. The van der Waals surface area contributed by atoms with Gasteiger partial charge in [-0.15, -0.1) is 0 Å². The zero-order valence-electron chi connectivity index (χ0n) is 20.6. The predicted molar refractivity (Wildman–Crippen MR) is 146 cm³/mol. The third-order valence-corrected chi connectivity index (χ3v) is 6.51. The Morgan fingerprint density at radius 3 is 2.39 bits per heavy atom. The van der Waals surface area contributed by atoms with E-state index in [9.17, 15) is 10.2 Å². The fourth-order valence-corrected chi connectivity index (χ4v) is 4.73. The van der Waals surface area contributed by atoms with Crippen LogP contribution >= 0.6 is 0 Å². The lowest BCUT2D eigenvalue weighted by molar-refractivity contribution is 0.0992. The van der Waals surface area contributed by atoms with E-state index in [1.54, 1.807) is 0 Å². The Hall–Kier alpha value is -3.64. The summed E-state index contributed by atoms with van der Waals surface area (Å²) in [5.41, 5.74) is 4.85. The van der Waals surface area contributed by atoms with Crippen LogP contribution in [0.2, 0.25) is 0 Å². The van der Waals surface area contributed by atoms with Crippen molar-refractivity contribution in [1.29, 1.82) is 0 Å². The van der Waals surface area contributed by atoms with E-state index in [2.05, 4.69) is 46.7 Å². The highest BCUT2D eigenvalue weighted by Gasteiger charge is 2.21. The number of para-hydroxylation sites is 1. The Morgan fingerprint density at radius 1 is 0.861 bits per heavy atom. The van der Waals surface area contributed by atoms with Gasteiger partial charge in [-0.1, -0.05) is 60.7 Å². The molecular formula is C31H32N2O3. The SMILES string of the molecule is CC(C)Oc1ccc(-c2ccc3ccccc3c2)cc1C(O)N[C@@H](CO)Cc1c[nH]c2ccccc12. The second-order valence-electron chi connectivity index (χ2n) is 9.49. The summed E-state index contributed by atoms with van der Waals surface area (Å²) in [7, 11) is 0. The first-order valence-electron chi connectivity index (χ1n) is 12.4. The maximum absolute atomic E-state index is 11.3. The fraction of sp³-hybridized carbons (Fsp3) is 0.226. The first-order chi connectivity index (χ1) is 17.5. The van der Waals surface area contributed by atoms with Gasteiger partial charge in [0.15, 0.2) is 0 Å². The molecule has 0 fully saturated rings. The summed E-state index contributed by atoms with van der Waals surface area (Å²) in [6.45, 7) is 3.82. The van der Waals surface area contributed by atoms with E-state index < -0.39 is 6.23 Å². The molecule has 1 unspecified atom stereocenters. The lowest BCUT2D eigenvalue weighted by atomic mass is 9.98. The van der Waals surface area contributed by atoms with Gasteiger partial charge in [0.1, 0.15) is 12.0 Å². The normalized spacial score (nSPS) is 13.4. The number of aromatic amines is 1. The molecule has 1 aromatic heterocycles. The maximum atomic E-state index is 11.3. The minimum absolute atomic E-state index is 0.0395. The predicted octanol–water partition coefficient (Wildman–Crippen LogP) is 5.96. The second kappa shape index (κ2) is 10.5. The zero-order chi connectivity index (χ0) is 25.1. The van der Waals surface area contributed by atoms with Crippen molar-refractivity contribution >= 4 is 21.7 Å². The summed E-state index contributed by atoms with van der Waals surface area (Å²) in [4.78, 5) is 3.28. The first kappa shape index (κ1) is 24.1. The van der Waals surface area contributed by atoms with Gasteiger partial charge in [-0.05, 0) is 72.0 Å². The molecule has 0 aliphatic heterocycles. The van der Waals surface area contributed by atoms with Crippen LogP contribution in [0.15, 0.2) is 91.1 Å². The molecule has 0 bridgehead atoms. The molecule has 5 aromatic rings. The van der Waals surface area contributed by atoms with Crippen LogP contribution in [0, 0.1) is 0 Å². The molecule has 1 heterocycles. The molecule has 5 rings (SSSR count). The van der Waals surface area contributed by atoms with Crippen molar-refractivity contribution in [3.8, 4) is 16.9 Å². The summed E-state index contributed by atoms with van der Waals surface area (Å²) >= 11 is 0. The first-order valence-corrected chi connectivity index (χ1v) is 12.4. The van der Waals surface area contributed by atoms with Gasteiger partial charge in [-0.2, -0.15) is 0 Å². The lowest BCUT2D eigenvalue weighted by Crippen LogP contribution is -2.37. The van der Waals surface area contributed by atoms with Crippen molar-refractivity contribution in [2.75, 3.05) is 6.61 Å². The number of fused-ring (bicyclic) bond motifs is 2. The van der Waals surface area contributed by atoms with Crippen LogP contribution in [-0.2, 0) is 6.42 Å². The largest absolute Gasteiger partial charge is 0.491 e. The van der Waals surface area contributed by atoms with Gasteiger partial charge >= 0.3 is 0 Å². The van der Waals surface area contributed by atoms with Crippen molar-refractivity contribution in [1.82, 2.24) is 10.3 Å². The average Bonchev–Trinajstić information content (AvgIpc) is 3.30. The third kappa shape index (κ3) is 5.14. The third-order valence-electron chi connectivity index (χ3n) is 6.51. The van der Waals surface area contributed by atoms with Gasteiger partial charge in [0.25, 0.3) is 0 Å². The van der Waals surface area contributed by atoms with Crippen molar-refractivity contribution in [3.63, 3.8) is 0 Å². The minimum Gasteiger partial charge on any atom is -0.491 e. The van der Waals surface area contributed by atoms with Crippen LogP contribution in [0.4, 0.5) is 0 Å². The number of benzene rings is 4. The van der Waals surface area contributed by atoms with Gasteiger partial charge in [-0.3, -0.25) is 5.32 Å². The molecule has 0 saturated heterocycles. The average molecular weight is 481 g/mol. The Balaban J connectivity index is 1.43. The van der Waals surface area contributed by atoms with Crippen LogP contribution in [0.3, 0.4) is 0 Å². The molecule has 0 spiro atoms. The highest BCUT2D eigenvalue weighted by Crippen LogP contribution is 2.32. The molecule has 0 saturated carbocycles. The van der Waals surface area contributed by atoms with Crippen LogP contribution in [0.5, 0.6) is 5.75 Å². The van der Waals surface area contributed by atoms with E-state index in [1.165, 1.54) is 5.39 Å². The van der Waals surface area contributed by atoms with Gasteiger partial charge in [0.05, 0.1) is 12.7 Å². The van der Waals surface area contributed by atoms with E-state index in [0.717, 1.165) is 33.0 Å². The minimum atomic E-state index is -1.01. The number of aromatic nitrogens is 1. The Kier molecular flexibility index (Phi) is 7.05. The highest BCUT2D eigenvalue weighted by molar-refractivity contribution is 5.87. The summed E-state index contributed by atoms with van der Waals surface area (Å²) in [6.07, 6.45) is 1.49.